The summed E-state index contributed by atoms with van der Waals surface area (Å²) < 4.78 is 0. The van der Waals surface area contributed by atoms with Crippen molar-refractivity contribution in [3.63, 3.8) is 0 Å². The number of fused-ring (bicyclic) bond motifs is 1. The Morgan fingerprint density at radius 2 is 2.08 bits per heavy atom. The van der Waals surface area contributed by atoms with Crippen molar-refractivity contribution in [3.8, 4) is 0 Å². The first kappa shape index (κ1) is 15.6. The Bertz CT molecular complexity index is 922. The van der Waals surface area contributed by atoms with Crippen LogP contribution < -0.4 is 10.6 Å². The number of pyridine rings is 1. The van der Waals surface area contributed by atoms with E-state index in [0.717, 1.165) is 23.1 Å². The van der Waals surface area contributed by atoms with Crippen LogP contribution in [0.15, 0.2) is 60.9 Å². The van der Waals surface area contributed by atoms with E-state index in [4.69, 9.17) is 0 Å². The van der Waals surface area contributed by atoms with E-state index in [-0.39, 0.29) is 18.0 Å². The number of benzene rings is 2. The first-order valence-electron chi connectivity index (χ1n) is 8.68. The van der Waals surface area contributed by atoms with Gasteiger partial charge in [0.05, 0.1) is 6.04 Å². The average Bonchev–Trinajstić information content (AvgIpc) is 3.08. The van der Waals surface area contributed by atoms with Crippen molar-refractivity contribution in [2.75, 3.05) is 5.32 Å². The zero-order valence-electron chi connectivity index (χ0n) is 14.2. The summed E-state index contributed by atoms with van der Waals surface area (Å²) in [6, 6.07) is 17.1. The third-order valence-electron chi connectivity index (χ3n) is 4.83. The molecule has 3 aromatic rings. The van der Waals surface area contributed by atoms with Crippen LogP contribution in [0.2, 0.25) is 0 Å². The van der Waals surface area contributed by atoms with E-state index >= 15 is 0 Å². The molecule has 1 aromatic heterocycles. The highest BCUT2D eigenvalue weighted by molar-refractivity contribution is 5.82. The minimum atomic E-state index is 0.137. The molecule has 2 atom stereocenters. The third kappa shape index (κ3) is 3.33. The number of rotatable bonds is 4. The molecule has 1 amide bonds. The van der Waals surface area contributed by atoms with Crippen molar-refractivity contribution in [1.82, 2.24) is 10.3 Å². The molecule has 2 N–H and O–H groups in total. The molecule has 4 rings (SSSR count). The Morgan fingerprint density at radius 1 is 1.16 bits per heavy atom. The van der Waals surface area contributed by atoms with Crippen molar-refractivity contribution in [2.45, 2.75) is 31.8 Å². The van der Waals surface area contributed by atoms with Crippen LogP contribution in [-0.4, -0.2) is 10.9 Å². The fourth-order valence-corrected chi connectivity index (χ4v) is 3.41. The predicted octanol–water partition coefficient (Wildman–Crippen LogP) is 4.36. The zero-order valence-corrected chi connectivity index (χ0v) is 14.2. The predicted molar refractivity (Wildman–Crippen MR) is 100 cm³/mol. The Labute approximate surface area is 147 Å². The molecule has 1 aliphatic heterocycles. The maximum absolute atomic E-state index is 11.5. The molecule has 2 heterocycles. The van der Waals surface area contributed by atoms with E-state index in [1.54, 1.807) is 0 Å². The molecular weight excluding hydrogens is 310 g/mol. The summed E-state index contributed by atoms with van der Waals surface area (Å²) in [6.45, 7) is 2.16. The van der Waals surface area contributed by atoms with Gasteiger partial charge in [0, 0.05) is 35.9 Å². The van der Waals surface area contributed by atoms with Gasteiger partial charge >= 0.3 is 0 Å². The van der Waals surface area contributed by atoms with E-state index < -0.39 is 0 Å². The normalized spacial score (nSPS) is 18.1. The van der Waals surface area contributed by atoms with Gasteiger partial charge in [0.25, 0.3) is 0 Å². The van der Waals surface area contributed by atoms with Crippen LogP contribution >= 0.6 is 0 Å². The summed E-state index contributed by atoms with van der Waals surface area (Å²) in [4.78, 5) is 15.6. The highest BCUT2D eigenvalue weighted by Gasteiger charge is 2.22. The van der Waals surface area contributed by atoms with Crippen LogP contribution in [0.5, 0.6) is 0 Å². The molecule has 1 aliphatic rings. The van der Waals surface area contributed by atoms with E-state index in [1.807, 2.05) is 24.5 Å². The number of carbonyl (C=O) groups excluding carboxylic acids is 1. The largest absolute Gasteiger partial charge is 0.379 e. The second-order valence-electron chi connectivity index (χ2n) is 6.63. The van der Waals surface area contributed by atoms with Crippen LogP contribution in [0.25, 0.3) is 10.8 Å². The zero-order chi connectivity index (χ0) is 17.2. The number of nitrogens with one attached hydrogen (secondary N) is 2. The fraction of sp³-hybridized carbons (Fsp3) is 0.238. The first-order chi connectivity index (χ1) is 12.2. The van der Waals surface area contributed by atoms with Crippen molar-refractivity contribution in [1.29, 1.82) is 0 Å². The smallest absolute Gasteiger partial charge is 0.220 e. The second kappa shape index (κ2) is 6.55. The summed E-state index contributed by atoms with van der Waals surface area (Å²) in [6.07, 6.45) is 5.20. The molecule has 0 radical (unpaired) electrons. The molecular formula is C21H21N3O. The molecule has 126 valence electrons. The van der Waals surface area contributed by atoms with E-state index in [9.17, 15) is 4.79 Å². The quantitative estimate of drug-likeness (QED) is 0.747. The molecule has 0 bridgehead atoms. The van der Waals surface area contributed by atoms with Gasteiger partial charge in [-0.2, -0.15) is 0 Å². The van der Waals surface area contributed by atoms with Gasteiger partial charge in [-0.3, -0.25) is 9.78 Å². The Kier molecular flexibility index (Phi) is 4.10. The number of carbonyl (C=O) groups is 1. The molecule has 0 aliphatic carbocycles. The Hall–Kier alpha value is -2.88. The number of hydrogen-bond acceptors (Lipinski definition) is 3. The third-order valence-corrected chi connectivity index (χ3v) is 4.83. The lowest BCUT2D eigenvalue weighted by molar-refractivity contribution is -0.119. The number of amides is 1. The molecule has 25 heavy (non-hydrogen) atoms. The Balaban J connectivity index is 1.53. The van der Waals surface area contributed by atoms with Gasteiger partial charge in [-0.05, 0) is 54.1 Å². The van der Waals surface area contributed by atoms with Crippen molar-refractivity contribution < 1.29 is 4.79 Å². The van der Waals surface area contributed by atoms with Crippen molar-refractivity contribution in [3.05, 3.63) is 72.1 Å². The van der Waals surface area contributed by atoms with Crippen molar-refractivity contribution >= 4 is 22.4 Å². The molecule has 2 aromatic carbocycles. The highest BCUT2D eigenvalue weighted by Crippen LogP contribution is 2.28. The van der Waals surface area contributed by atoms with Gasteiger partial charge in [-0.1, -0.05) is 24.3 Å². The molecule has 4 nitrogen and oxygen atoms in total. The lowest BCUT2D eigenvalue weighted by atomic mass is 10.0. The fourth-order valence-electron chi connectivity index (χ4n) is 3.41. The minimum absolute atomic E-state index is 0.137. The standard InChI is InChI=1S/C21H21N3O/c1-14(15-5-6-18-13-22-10-9-16(18)11-15)23-19-4-2-3-17(12-19)20-7-8-21(25)24-20/h2-6,9-14,20,23H,7-8H2,1H3,(H,24,25). The number of aromatic nitrogens is 1. The molecule has 1 fully saturated rings. The highest BCUT2D eigenvalue weighted by atomic mass is 16.1. The number of hydrogen-bond donors (Lipinski definition) is 2. The van der Waals surface area contributed by atoms with Crippen LogP contribution in [0.4, 0.5) is 5.69 Å². The average molecular weight is 331 g/mol. The molecule has 1 saturated heterocycles. The van der Waals surface area contributed by atoms with Gasteiger partial charge in [0.1, 0.15) is 0 Å². The number of nitrogens with zero attached hydrogens (tertiary/aromatic N) is 1. The summed E-state index contributed by atoms with van der Waals surface area (Å²) in [5, 5.41) is 8.95. The molecule has 2 unspecified atom stereocenters. The van der Waals surface area contributed by atoms with E-state index in [0.29, 0.717) is 6.42 Å². The second-order valence-corrected chi connectivity index (χ2v) is 6.63. The summed E-state index contributed by atoms with van der Waals surface area (Å²) in [5.41, 5.74) is 3.46. The monoisotopic (exact) mass is 331 g/mol. The summed E-state index contributed by atoms with van der Waals surface area (Å²) in [5.74, 6) is 0.141. The molecule has 0 spiro atoms. The maximum Gasteiger partial charge on any atom is 0.220 e. The maximum atomic E-state index is 11.5. The minimum Gasteiger partial charge on any atom is -0.379 e. The molecule has 0 saturated carbocycles. The summed E-state index contributed by atoms with van der Waals surface area (Å²) in [7, 11) is 0. The lowest BCUT2D eigenvalue weighted by Crippen LogP contribution is -2.18. The van der Waals surface area contributed by atoms with Crippen LogP contribution in [-0.2, 0) is 4.79 Å². The van der Waals surface area contributed by atoms with Gasteiger partial charge in [0.15, 0.2) is 0 Å². The van der Waals surface area contributed by atoms with Gasteiger partial charge in [0.2, 0.25) is 5.91 Å². The van der Waals surface area contributed by atoms with Crippen molar-refractivity contribution in [2.24, 2.45) is 0 Å². The summed E-state index contributed by atoms with van der Waals surface area (Å²) >= 11 is 0. The van der Waals surface area contributed by atoms with Crippen LogP contribution in [0, 0.1) is 0 Å². The van der Waals surface area contributed by atoms with Gasteiger partial charge in [-0.25, -0.2) is 0 Å². The topological polar surface area (TPSA) is 54.0 Å². The van der Waals surface area contributed by atoms with E-state index in [2.05, 4.69) is 58.9 Å². The van der Waals surface area contributed by atoms with E-state index in [1.165, 1.54) is 10.9 Å². The van der Waals surface area contributed by atoms with Gasteiger partial charge in [-0.15, -0.1) is 0 Å². The SMILES string of the molecule is CC(Nc1cccc(C2CCC(=O)N2)c1)c1ccc2cnccc2c1. The Morgan fingerprint density at radius 3 is 2.92 bits per heavy atom. The first-order valence-corrected chi connectivity index (χ1v) is 8.68. The van der Waals surface area contributed by atoms with Gasteiger partial charge < -0.3 is 10.6 Å². The van der Waals surface area contributed by atoms with Crippen LogP contribution in [0.3, 0.4) is 0 Å². The lowest BCUT2D eigenvalue weighted by Gasteiger charge is -2.18. The molecule has 4 heteroatoms. The number of anilines is 1. The van der Waals surface area contributed by atoms with Crippen LogP contribution in [0.1, 0.15) is 43.0 Å².